The molecule has 0 radical (unpaired) electrons. The van der Waals surface area contributed by atoms with Gasteiger partial charge < -0.3 is 15.7 Å². The van der Waals surface area contributed by atoms with Gasteiger partial charge in [0.05, 0.1) is 6.10 Å². The largest absolute Gasteiger partial charge is 0.387 e. The smallest absolute Gasteiger partial charge is 0.191 e. The minimum atomic E-state index is -0.713. The summed E-state index contributed by atoms with van der Waals surface area (Å²) in [6.07, 6.45) is -0.713. The fraction of sp³-hybridized carbons (Fsp3) is 0.588. The minimum absolute atomic E-state index is 0.330. The topological polar surface area (TPSA) is 63.1 Å². The Bertz CT molecular complexity index is 599. The van der Waals surface area contributed by atoms with Crippen molar-refractivity contribution >= 4 is 29.2 Å². The average molecular weight is 386 g/mol. The van der Waals surface area contributed by atoms with Gasteiger partial charge in [-0.05, 0) is 23.8 Å². The lowest BCUT2D eigenvalue weighted by atomic mass is 10.1. The predicted molar refractivity (Wildman–Crippen MR) is 103 cm³/mol. The number of aliphatic imine (C=N–C) groups is 1. The van der Waals surface area contributed by atoms with E-state index >= 15 is 0 Å². The van der Waals surface area contributed by atoms with Gasteiger partial charge in [-0.3, -0.25) is 14.8 Å². The number of hydrogen-bond acceptors (Lipinski definition) is 4. The van der Waals surface area contributed by atoms with E-state index in [1.807, 2.05) is 0 Å². The van der Waals surface area contributed by atoms with Gasteiger partial charge >= 0.3 is 0 Å². The van der Waals surface area contributed by atoms with Gasteiger partial charge in [-0.1, -0.05) is 23.2 Å². The molecule has 6 nitrogen and oxygen atoms in total. The van der Waals surface area contributed by atoms with Gasteiger partial charge in [-0.2, -0.15) is 0 Å². The molecule has 2 unspecified atom stereocenters. The molecule has 0 saturated carbocycles. The number of aliphatic hydroxyl groups excluding tert-OH is 1. The fourth-order valence-electron chi connectivity index (χ4n) is 3.43. The first-order chi connectivity index (χ1) is 12.0. The van der Waals surface area contributed by atoms with Crippen LogP contribution in [0.4, 0.5) is 0 Å². The normalized spacial score (nSPS) is 27.2. The third kappa shape index (κ3) is 4.99. The predicted octanol–water partition coefficient (Wildman–Crippen LogP) is 1.19. The van der Waals surface area contributed by atoms with E-state index in [0.717, 1.165) is 26.2 Å². The number of rotatable bonds is 5. The number of fused-ring (bicyclic) bond motifs is 3. The zero-order valence-corrected chi connectivity index (χ0v) is 15.9. The van der Waals surface area contributed by atoms with Crippen molar-refractivity contribution in [2.45, 2.75) is 12.1 Å². The second-order valence-electron chi connectivity index (χ2n) is 6.54. The van der Waals surface area contributed by atoms with Gasteiger partial charge in [0.15, 0.2) is 5.96 Å². The van der Waals surface area contributed by atoms with Crippen LogP contribution in [-0.4, -0.2) is 79.8 Å². The van der Waals surface area contributed by atoms with Gasteiger partial charge in [0.2, 0.25) is 0 Å². The fourth-order valence-corrected chi connectivity index (χ4v) is 3.98. The molecule has 0 spiro atoms. The van der Waals surface area contributed by atoms with Crippen LogP contribution >= 0.6 is 23.2 Å². The third-order valence-electron chi connectivity index (χ3n) is 4.85. The molecule has 2 atom stereocenters. The Morgan fingerprint density at radius 1 is 1.20 bits per heavy atom. The van der Waals surface area contributed by atoms with Gasteiger partial charge in [0.1, 0.15) is 0 Å². The summed E-state index contributed by atoms with van der Waals surface area (Å²) >= 11 is 12.0. The molecule has 25 heavy (non-hydrogen) atoms. The zero-order valence-electron chi connectivity index (χ0n) is 14.4. The lowest BCUT2D eigenvalue weighted by Gasteiger charge is -2.47. The van der Waals surface area contributed by atoms with Crippen LogP contribution in [0.5, 0.6) is 0 Å². The van der Waals surface area contributed by atoms with Crippen LogP contribution in [0.3, 0.4) is 0 Å². The molecule has 138 valence electrons. The molecular formula is C17H25Cl2N5O. The first-order valence-electron chi connectivity index (χ1n) is 8.60. The molecule has 3 saturated heterocycles. The maximum absolute atomic E-state index is 10.3. The Kier molecular flexibility index (Phi) is 6.41. The number of guanidine groups is 1. The Labute approximate surface area is 158 Å². The molecule has 8 heteroatoms. The Balaban J connectivity index is 1.47. The minimum Gasteiger partial charge on any atom is -0.387 e. The Hall–Kier alpha value is -1.05. The summed E-state index contributed by atoms with van der Waals surface area (Å²) in [5.41, 5.74) is 0.684. The van der Waals surface area contributed by atoms with Crippen molar-refractivity contribution < 1.29 is 5.11 Å². The lowest BCUT2D eigenvalue weighted by molar-refractivity contribution is 0.0154. The standard InChI is InChI=1S/C17H25Cl2N5O/c1-20-17(21-9-15-11-23-2-4-24(15)5-3-23)22-10-16(25)12-6-13(18)8-14(19)7-12/h6-8,15-16,25H,2-5,9-11H2,1H3,(H2,20,21,22). The molecule has 3 N–H and O–H groups in total. The van der Waals surface area contributed by atoms with Crippen molar-refractivity contribution in [3.63, 3.8) is 0 Å². The highest BCUT2D eigenvalue weighted by Gasteiger charge is 2.31. The molecule has 3 fully saturated rings. The average Bonchev–Trinajstić information content (AvgIpc) is 2.62. The summed E-state index contributed by atoms with van der Waals surface area (Å²) < 4.78 is 0. The van der Waals surface area contributed by atoms with Crippen LogP contribution in [0.25, 0.3) is 0 Å². The number of hydrogen-bond donors (Lipinski definition) is 3. The summed E-state index contributed by atoms with van der Waals surface area (Å²) in [5, 5.41) is 17.9. The van der Waals surface area contributed by atoms with Crippen LogP contribution in [0.15, 0.2) is 23.2 Å². The number of benzene rings is 1. The van der Waals surface area contributed by atoms with Crippen molar-refractivity contribution in [1.29, 1.82) is 0 Å². The van der Waals surface area contributed by atoms with Crippen molar-refractivity contribution in [2.75, 3.05) is 52.9 Å². The van der Waals surface area contributed by atoms with E-state index in [1.54, 1.807) is 25.2 Å². The van der Waals surface area contributed by atoms with Crippen LogP contribution < -0.4 is 10.6 Å². The van der Waals surface area contributed by atoms with Crippen molar-refractivity contribution in [3.8, 4) is 0 Å². The van der Waals surface area contributed by atoms with Crippen LogP contribution in [-0.2, 0) is 0 Å². The molecule has 2 bridgehead atoms. The summed E-state index contributed by atoms with van der Waals surface area (Å²) in [6.45, 7) is 6.93. The highest BCUT2D eigenvalue weighted by molar-refractivity contribution is 6.34. The molecular weight excluding hydrogens is 361 g/mol. The zero-order chi connectivity index (χ0) is 17.8. The maximum Gasteiger partial charge on any atom is 0.191 e. The van der Waals surface area contributed by atoms with Crippen molar-refractivity contribution in [3.05, 3.63) is 33.8 Å². The highest BCUT2D eigenvalue weighted by Crippen LogP contribution is 2.23. The van der Waals surface area contributed by atoms with Crippen molar-refractivity contribution in [2.24, 2.45) is 4.99 Å². The molecule has 4 rings (SSSR count). The number of piperazine rings is 3. The van der Waals surface area contributed by atoms with E-state index in [4.69, 9.17) is 23.2 Å². The second-order valence-corrected chi connectivity index (χ2v) is 7.42. The molecule has 3 heterocycles. The monoisotopic (exact) mass is 385 g/mol. The summed E-state index contributed by atoms with van der Waals surface area (Å²) in [6, 6.07) is 5.60. The maximum atomic E-state index is 10.3. The van der Waals surface area contributed by atoms with Gasteiger partial charge in [0.25, 0.3) is 0 Å². The Morgan fingerprint density at radius 3 is 2.44 bits per heavy atom. The summed E-state index contributed by atoms with van der Waals surface area (Å²) in [5.74, 6) is 0.685. The van der Waals surface area contributed by atoms with Gasteiger partial charge in [-0.15, -0.1) is 0 Å². The van der Waals surface area contributed by atoms with E-state index < -0.39 is 6.10 Å². The van der Waals surface area contributed by atoms with Crippen LogP contribution in [0, 0.1) is 0 Å². The summed E-state index contributed by atoms with van der Waals surface area (Å²) in [4.78, 5) is 9.27. The molecule has 3 aliphatic heterocycles. The first-order valence-corrected chi connectivity index (χ1v) is 9.35. The molecule has 0 amide bonds. The highest BCUT2D eigenvalue weighted by atomic mass is 35.5. The first kappa shape index (κ1) is 18.7. The lowest BCUT2D eigenvalue weighted by Crippen LogP contribution is -2.63. The SMILES string of the molecule is CN=C(NCC(O)c1cc(Cl)cc(Cl)c1)NCC1CN2CCN1CC2. The molecule has 0 aliphatic carbocycles. The van der Waals surface area contributed by atoms with Crippen LogP contribution in [0.1, 0.15) is 11.7 Å². The number of halogens is 2. The van der Waals surface area contributed by atoms with E-state index in [-0.39, 0.29) is 0 Å². The van der Waals surface area contributed by atoms with E-state index in [9.17, 15) is 5.11 Å². The molecule has 1 aromatic carbocycles. The number of nitrogens with one attached hydrogen (secondary N) is 2. The van der Waals surface area contributed by atoms with Crippen LogP contribution in [0.2, 0.25) is 10.0 Å². The second kappa shape index (κ2) is 8.56. The van der Waals surface area contributed by atoms with E-state index in [1.165, 1.54) is 13.1 Å². The van der Waals surface area contributed by atoms with Gasteiger partial charge in [0, 0.05) is 68.9 Å². The third-order valence-corrected chi connectivity index (χ3v) is 5.29. The molecule has 0 aromatic heterocycles. The molecule has 1 aromatic rings. The van der Waals surface area contributed by atoms with Gasteiger partial charge in [-0.25, -0.2) is 0 Å². The van der Waals surface area contributed by atoms with E-state index in [2.05, 4.69) is 25.4 Å². The molecule has 3 aliphatic rings. The number of aliphatic hydroxyl groups is 1. The van der Waals surface area contributed by atoms with Crippen molar-refractivity contribution in [1.82, 2.24) is 20.4 Å². The van der Waals surface area contributed by atoms with E-state index in [0.29, 0.717) is 34.2 Å². The Morgan fingerprint density at radius 2 is 1.88 bits per heavy atom. The quantitative estimate of drug-likeness (QED) is 0.524. The number of nitrogens with zero attached hydrogens (tertiary/aromatic N) is 3. The summed E-state index contributed by atoms with van der Waals surface area (Å²) in [7, 11) is 1.73.